The number of nitrogens with one attached hydrogen (secondary N) is 1. The quantitative estimate of drug-likeness (QED) is 0.888. The van der Waals surface area contributed by atoms with Crippen LogP contribution >= 0.6 is 0 Å². The van der Waals surface area contributed by atoms with Gasteiger partial charge >= 0.3 is 0 Å². The summed E-state index contributed by atoms with van der Waals surface area (Å²) >= 11 is 0. The van der Waals surface area contributed by atoms with Crippen LogP contribution < -0.4 is 5.32 Å². The third-order valence-electron chi connectivity index (χ3n) is 2.89. The molecule has 1 aromatic heterocycles. The zero-order valence-corrected chi connectivity index (χ0v) is 10.7. The number of rotatable bonds is 4. The average molecular weight is 243 g/mol. The predicted octanol–water partition coefficient (Wildman–Crippen LogP) is 1.70. The zero-order valence-electron chi connectivity index (χ0n) is 10.7. The number of amides is 1. The summed E-state index contributed by atoms with van der Waals surface area (Å²) < 4.78 is 1.70. The first-order valence-electron chi connectivity index (χ1n) is 5.99. The van der Waals surface area contributed by atoms with Gasteiger partial charge in [-0.15, -0.1) is 0 Å². The van der Waals surface area contributed by atoms with Gasteiger partial charge in [-0.1, -0.05) is 30.3 Å². The molecule has 0 saturated heterocycles. The molecule has 0 fully saturated rings. The van der Waals surface area contributed by atoms with Crippen LogP contribution in [0.2, 0.25) is 0 Å². The van der Waals surface area contributed by atoms with Crippen molar-refractivity contribution in [3.05, 3.63) is 53.3 Å². The van der Waals surface area contributed by atoms with E-state index in [0.29, 0.717) is 12.2 Å². The molecule has 0 saturated carbocycles. The molecule has 1 N–H and O–H groups in total. The lowest BCUT2D eigenvalue weighted by atomic mass is 10.1. The standard InChI is InChI=1S/C14H17N3O/c1-11-10-13(16-17(11)2)14(18)15-9-8-12-6-4-3-5-7-12/h3-7,10H,8-9H2,1-2H3,(H,15,18). The zero-order chi connectivity index (χ0) is 13.0. The first-order valence-corrected chi connectivity index (χ1v) is 5.99. The van der Waals surface area contributed by atoms with Crippen molar-refractivity contribution in [2.24, 2.45) is 7.05 Å². The van der Waals surface area contributed by atoms with E-state index in [1.165, 1.54) is 5.56 Å². The summed E-state index contributed by atoms with van der Waals surface area (Å²) in [6.07, 6.45) is 0.832. The lowest BCUT2D eigenvalue weighted by Crippen LogP contribution is -2.26. The smallest absolute Gasteiger partial charge is 0.271 e. The second-order valence-electron chi connectivity index (χ2n) is 4.29. The van der Waals surface area contributed by atoms with E-state index in [0.717, 1.165) is 12.1 Å². The summed E-state index contributed by atoms with van der Waals surface area (Å²) in [6, 6.07) is 11.9. The number of hydrogen-bond donors (Lipinski definition) is 1. The molecule has 0 spiro atoms. The van der Waals surface area contributed by atoms with E-state index in [1.807, 2.05) is 32.2 Å². The molecule has 2 aromatic rings. The maximum Gasteiger partial charge on any atom is 0.271 e. The number of benzene rings is 1. The van der Waals surface area contributed by atoms with E-state index in [4.69, 9.17) is 0 Å². The molecule has 94 valence electrons. The van der Waals surface area contributed by atoms with E-state index in [-0.39, 0.29) is 5.91 Å². The first-order chi connectivity index (χ1) is 8.66. The summed E-state index contributed by atoms with van der Waals surface area (Å²) in [4.78, 5) is 11.8. The van der Waals surface area contributed by atoms with Gasteiger partial charge in [-0.25, -0.2) is 0 Å². The number of nitrogens with zero attached hydrogens (tertiary/aromatic N) is 2. The Balaban J connectivity index is 1.85. The lowest BCUT2D eigenvalue weighted by molar-refractivity contribution is 0.0948. The Bertz CT molecular complexity index is 512. The van der Waals surface area contributed by atoms with Crippen molar-refractivity contribution in [3.63, 3.8) is 0 Å². The minimum atomic E-state index is -0.116. The third kappa shape index (κ3) is 2.97. The summed E-state index contributed by atoms with van der Waals surface area (Å²) in [7, 11) is 1.83. The third-order valence-corrected chi connectivity index (χ3v) is 2.89. The molecule has 0 bridgehead atoms. The molecule has 0 aliphatic rings. The van der Waals surface area contributed by atoms with Crippen molar-refractivity contribution >= 4 is 5.91 Å². The highest BCUT2D eigenvalue weighted by Crippen LogP contribution is 2.02. The number of aromatic nitrogens is 2. The highest BCUT2D eigenvalue weighted by Gasteiger charge is 2.09. The predicted molar refractivity (Wildman–Crippen MR) is 70.4 cm³/mol. The summed E-state index contributed by atoms with van der Waals surface area (Å²) in [5, 5.41) is 7.01. The van der Waals surface area contributed by atoms with Gasteiger partial charge in [0.25, 0.3) is 5.91 Å². The second kappa shape index (κ2) is 5.49. The van der Waals surface area contributed by atoms with Crippen LogP contribution in [0.1, 0.15) is 21.7 Å². The largest absolute Gasteiger partial charge is 0.350 e. The van der Waals surface area contributed by atoms with Crippen LogP contribution in [0, 0.1) is 6.92 Å². The van der Waals surface area contributed by atoms with Crippen LogP contribution in [0.5, 0.6) is 0 Å². The van der Waals surface area contributed by atoms with Crippen molar-refractivity contribution in [1.82, 2.24) is 15.1 Å². The summed E-state index contributed by atoms with van der Waals surface area (Å²) in [5.74, 6) is -0.116. The molecule has 0 aliphatic heterocycles. The van der Waals surface area contributed by atoms with E-state index in [1.54, 1.807) is 10.7 Å². The Morgan fingerprint density at radius 1 is 1.33 bits per heavy atom. The minimum absolute atomic E-state index is 0.116. The maximum atomic E-state index is 11.8. The van der Waals surface area contributed by atoms with Crippen LogP contribution in [0.4, 0.5) is 0 Å². The molecule has 0 radical (unpaired) electrons. The van der Waals surface area contributed by atoms with Gasteiger partial charge < -0.3 is 5.32 Å². The maximum absolute atomic E-state index is 11.8. The Kier molecular flexibility index (Phi) is 3.77. The van der Waals surface area contributed by atoms with Gasteiger partial charge in [0.15, 0.2) is 0 Å². The molecule has 2 rings (SSSR count). The van der Waals surface area contributed by atoms with Crippen LogP contribution in [0.15, 0.2) is 36.4 Å². The fourth-order valence-corrected chi connectivity index (χ4v) is 1.73. The van der Waals surface area contributed by atoms with Crippen LogP contribution in [-0.4, -0.2) is 22.2 Å². The van der Waals surface area contributed by atoms with Gasteiger partial charge in [0.1, 0.15) is 5.69 Å². The van der Waals surface area contributed by atoms with E-state index in [9.17, 15) is 4.79 Å². The van der Waals surface area contributed by atoms with Crippen LogP contribution in [-0.2, 0) is 13.5 Å². The van der Waals surface area contributed by atoms with Crippen molar-refractivity contribution in [1.29, 1.82) is 0 Å². The number of carbonyl (C=O) groups excluding carboxylic acids is 1. The average Bonchev–Trinajstić information content (AvgIpc) is 2.71. The minimum Gasteiger partial charge on any atom is -0.350 e. The highest BCUT2D eigenvalue weighted by atomic mass is 16.1. The Hall–Kier alpha value is -2.10. The van der Waals surface area contributed by atoms with E-state index >= 15 is 0 Å². The van der Waals surface area contributed by atoms with E-state index < -0.39 is 0 Å². The molecular formula is C14H17N3O. The van der Waals surface area contributed by atoms with Gasteiger partial charge in [0.05, 0.1) is 0 Å². The fourth-order valence-electron chi connectivity index (χ4n) is 1.73. The Labute approximate surface area is 107 Å². The van der Waals surface area contributed by atoms with Crippen LogP contribution in [0.25, 0.3) is 0 Å². The number of carbonyl (C=O) groups is 1. The summed E-state index contributed by atoms with van der Waals surface area (Å²) in [5.41, 5.74) is 2.67. The number of hydrogen-bond acceptors (Lipinski definition) is 2. The Morgan fingerprint density at radius 3 is 2.67 bits per heavy atom. The monoisotopic (exact) mass is 243 g/mol. The molecule has 1 amide bonds. The molecule has 4 nitrogen and oxygen atoms in total. The first kappa shape index (κ1) is 12.4. The van der Waals surface area contributed by atoms with Crippen molar-refractivity contribution < 1.29 is 4.79 Å². The number of aryl methyl sites for hydroxylation is 2. The van der Waals surface area contributed by atoms with Crippen molar-refractivity contribution in [2.75, 3.05) is 6.54 Å². The molecule has 0 atom stereocenters. The van der Waals surface area contributed by atoms with Gasteiger partial charge in [-0.3, -0.25) is 9.48 Å². The van der Waals surface area contributed by atoms with Crippen LogP contribution in [0.3, 0.4) is 0 Å². The fraction of sp³-hybridized carbons (Fsp3) is 0.286. The molecule has 0 aliphatic carbocycles. The SMILES string of the molecule is Cc1cc(C(=O)NCCc2ccccc2)nn1C. The topological polar surface area (TPSA) is 46.9 Å². The molecule has 1 aromatic carbocycles. The van der Waals surface area contributed by atoms with Crippen molar-refractivity contribution in [3.8, 4) is 0 Å². The van der Waals surface area contributed by atoms with E-state index in [2.05, 4.69) is 22.5 Å². The molecule has 0 unspecified atom stereocenters. The van der Waals surface area contributed by atoms with Crippen molar-refractivity contribution in [2.45, 2.75) is 13.3 Å². The molecule has 18 heavy (non-hydrogen) atoms. The second-order valence-corrected chi connectivity index (χ2v) is 4.29. The van der Waals surface area contributed by atoms with Gasteiger partial charge in [0.2, 0.25) is 0 Å². The summed E-state index contributed by atoms with van der Waals surface area (Å²) in [6.45, 7) is 2.55. The molecule has 4 heteroatoms. The highest BCUT2D eigenvalue weighted by molar-refractivity contribution is 5.92. The molecular weight excluding hydrogens is 226 g/mol. The van der Waals surface area contributed by atoms with Gasteiger partial charge in [-0.05, 0) is 25.0 Å². The molecule has 1 heterocycles. The van der Waals surface area contributed by atoms with Gasteiger partial charge in [0, 0.05) is 19.3 Å². The lowest BCUT2D eigenvalue weighted by Gasteiger charge is -2.03. The van der Waals surface area contributed by atoms with Gasteiger partial charge in [-0.2, -0.15) is 5.10 Å². The normalized spacial score (nSPS) is 10.3. The Morgan fingerprint density at radius 2 is 2.06 bits per heavy atom.